The fourth-order valence-electron chi connectivity index (χ4n) is 5.37. The van der Waals surface area contributed by atoms with E-state index in [1.54, 1.807) is 0 Å². The molecule has 0 bridgehead atoms. The summed E-state index contributed by atoms with van der Waals surface area (Å²) < 4.78 is 33.2. The molecule has 10 nitrogen and oxygen atoms in total. The average molecular weight is 782 g/mol. The Bertz CT molecular complexity index is 1090. The van der Waals surface area contributed by atoms with E-state index in [0.29, 0.717) is 19.4 Å². The van der Waals surface area contributed by atoms with Gasteiger partial charge in [0.1, 0.15) is 12.1 Å². The number of carboxylic acid groups (broad SMARTS) is 1. The molecule has 0 heterocycles. The first-order valence-corrected chi connectivity index (χ1v) is 22.3. The Kier molecular flexibility index (Phi) is 37.2. The van der Waals surface area contributed by atoms with Crippen LogP contribution >= 0.6 is 7.82 Å². The standard InChI is InChI=1S/C43H76NO9P/c1-3-5-7-9-11-13-15-17-19-21-23-25-27-29-31-33-35-42(45)53-40(38-51-54(48,49)52-39-41(44)43(46)47)37-50-36-34-32-30-28-26-24-22-20-18-16-14-12-10-8-6-4-2/h6,8,12,14,18,20,24,26,30,32,40-41H,3-5,7,9-11,13,15-17,19,21-23,25,27-29,31,33-39,44H2,1-2H3,(H,46,47)(H,48,49)/b8-6-,14-12-,20-18-,26-24-,32-30-. The number of carbonyl (C=O) groups is 2. The van der Waals surface area contributed by atoms with Gasteiger partial charge < -0.3 is 25.2 Å². The molecular formula is C43H76NO9P. The second kappa shape index (κ2) is 38.9. The molecule has 0 aliphatic heterocycles. The third-order valence-corrected chi connectivity index (χ3v) is 9.53. The van der Waals surface area contributed by atoms with Crippen LogP contribution in [0.3, 0.4) is 0 Å². The lowest BCUT2D eigenvalue weighted by Gasteiger charge is -2.20. The van der Waals surface area contributed by atoms with Crippen LogP contribution in [0, 0.1) is 0 Å². The molecule has 0 aliphatic carbocycles. The maximum Gasteiger partial charge on any atom is 0.472 e. The van der Waals surface area contributed by atoms with Crippen molar-refractivity contribution in [2.75, 3.05) is 26.4 Å². The monoisotopic (exact) mass is 782 g/mol. The quantitative estimate of drug-likeness (QED) is 0.0237. The van der Waals surface area contributed by atoms with Crippen molar-refractivity contribution in [3.63, 3.8) is 0 Å². The molecule has 11 heteroatoms. The number of rotatable bonds is 39. The van der Waals surface area contributed by atoms with Crippen molar-refractivity contribution >= 4 is 19.8 Å². The Morgan fingerprint density at radius 1 is 0.611 bits per heavy atom. The van der Waals surface area contributed by atoms with Gasteiger partial charge in [0.2, 0.25) is 0 Å². The van der Waals surface area contributed by atoms with Crippen LogP contribution in [0.4, 0.5) is 0 Å². The van der Waals surface area contributed by atoms with Crippen molar-refractivity contribution < 1.29 is 42.7 Å². The molecule has 54 heavy (non-hydrogen) atoms. The van der Waals surface area contributed by atoms with E-state index in [2.05, 4.69) is 68.5 Å². The molecule has 0 saturated carbocycles. The van der Waals surface area contributed by atoms with Crippen LogP contribution in [0.15, 0.2) is 60.8 Å². The molecule has 312 valence electrons. The first kappa shape index (κ1) is 51.7. The molecule has 0 amide bonds. The summed E-state index contributed by atoms with van der Waals surface area (Å²) in [6.45, 7) is 3.54. The Morgan fingerprint density at radius 3 is 1.50 bits per heavy atom. The Labute approximate surface area is 328 Å². The number of phosphoric ester groups is 1. The van der Waals surface area contributed by atoms with Crippen molar-refractivity contribution in [3.05, 3.63) is 60.8 Å². The molecule has 4 N–H and O–H groups in total. The largest absolute Gasteiger partial charge is 0.480 e. The number of hydrogen-bond acceptors (Lipinski definition) is 8. The summed E-state index contributed by atoms with van der Waals surface area (Å²) in [5, 5.41) is 8.88. The molecule has 0 aliphatic rings. The zero-order valence-corrected chi connectivity index (χ0v) is 34.7. The zero-order chi connectivity index (χ0) is 39.8. The highest BCUT2D eigenvalue weighted by Crippen LogP contribution is 2.43. The van der Waals surface area contributed by atoms with E-state index in [9.17, 15) is 19.0 Å². The van der Waals surface area contributed by atoms with Gasteiger partial charge in [-0.3, -0.25) is 18.6 Å². The minimum Gasteiger partial charge on any atom is -0.480 e. The number of allylic oxidation sites excluding steroid dienone is 9. The van der Waals surface area contributed by atoms with Crippen LogP contribution in [0.5, 0.6) is 0 Å². The van der Waals surface area contributed by atoms with E-state index in [4.69, 9.17) is 29.4 Å². The second-order valence-electron chi connectivity index (χ2n) is 13.7. The van der Waals surface area contributed by atoms with E-state index in [0.717, 1.165) is 51.4 Å². The summed E-state index contributed by atoms with van der Waals surface area (Å²) in [7, 11) is -4.63. The molecule has 0 radical (unpaired) electrons. The molecule has 0 aromatic heterocycles. The highest BCUT2D eigenvalue weighted by Gasteiger charge is 2.27. The topological polar surface area (TPSA) is 155 Å². The highest BCUT2D eigenvalue weighted by molar-refractivity contribution is 7.47. The lowest BCUT2D eigenvalue weighted by atomic mass is 10.0. The third-order valence-electron chi connectivity index (χ3n) is 8.58. The van der Waals surface area contributed by atoms with Gasteiger partial charge in [0.05, 0.1) is 26.4 Å². The van der Waals surface area contributed by atoms with Crippen LogP contribution in [0.1, 0.15) is 162 Å². The van der Waals surface area contributed by atoms with Crippen LogP contribution < -0.4 is 5.73 Å². The Morgan fingerprint density at radius 2 is 1.04 bits per heavy atom. The number of hydrogen-bond donors (Lipinski definition) is 3. The van der Waals surface area contributed by atoms with E-state index in [1.165, 1.54) is 77.0 Å². The predicted molar refractivity (Wildman–Crippen MR) is 221 cm³/mol. The van der Waals surface area contributed by atoms with Crippen molar-refractivity contribution in [2.24, 2.45) is 5.73 Å². The number of ether oxygens (including phenoxy) is 2. The van der Waals surface area contributed by atoms with Gasteiger partial charge >= 0.3 is 19.8 Å². The number of esters is 1. The summed E-state index contributed by atoms with van der Waals surface area (Å²) in [6.07, 6.45) is 45.8. The van der Waals surface area contributed by atoms with Gasteiger partial charge in [0, 0.05) is 6.42 Å². The van der Waals surface area contributed by atoms with Crippen molar-refractivity contribution in [2.45, 2.75) is 174 Å². The van der Waals surface area contributed by atoms with Crippen LogP contribution in [-0.2, 0) is 32.7 Å². The fraction of sp³-hybridized carbons (Fsp3) is 0.721. The lowest BCUT2D eigenvalue weighted by Crippen LogP contribution is -2.34. The van der Waals surface area contributed by atoms with E-state index < -0.39 is 45.1 Å². The Balaban J connectivity index is 4.37. The minimum absolute atomic E-state index is 0.0377. The van der Waals surface area contributed by atoms with Crippen LogP contribution in [-0.4, -0.2) is 60.5 Å². The Hall–Kier alpha value is -2.33. The summed E-state index contributed by atoms with van der Waals surface area (Å²) >= 11 is 0. The summed E-state index contributed by atoms with van der Waals surface area (Å²) in [5.41, 5.74) is 5.34. The lowest BCUT2D eigenvalue weighted by molar-refractivity contribution is -0.154. The van der Waals surface area contributed by atoms with Gasteiger partial charge in [-0.15, -0.1) is 0 Å². The molecule has 3 unspecified atom stereocenters. The molecule has 0 rings (SSSR count). The fourth-order valence-corrected chi connectivity index (χ4v) is 6.15. The van der Waals surface area contributed by atoms with Crippen molar-refractivity contribution in [1.29, 1.82) is 0 Å². The summed E-state index contributed by atoms with van der Waals surface area (Å²) in [5.74, 6) is -1.81. The maximum atomic E-state index is 12.6. The zero-order valence-electron chi connectivity index (χ0n) is 33.8. The van der Waals surface area contributed by atoms with Gasteiger partial charge in [-0.25, -0.2) is 4.57 Å². The molecule has 0 aromatic rings. The predicted octanol–water partition coefficient (Wildman–Crippen LogP) is 11.3. The molecule has 0 aromatic carbocycles. The maximum absolute atomic E-state index is 12.6. The highest BCUT2D eigenvalue weighted by atomic mass is 31.2. The van der Waals surface area contributed by atoms with Crippen molar-refractivity contribution in [1.82, 2.24) is 0 Å². The van der Waals surface area contributed by atoms with Crippen LogP contribution in [0.2, 0.25) is 0 Å². The van der Waals surface area contributed by atoms with Gasteiger partial charge in [-0.05, 0) is 44.9 Å². The van der Waals surface area contributed by atoms with E-state index in [-0.39, 0.29) is 13.0 Å². The molecule has 0 saturated heterocycles. The SMILES string of the molecule is CC/C=C\C/C=C\C/C=C\C/C=C\C/C=C\CCOCC(COP(=O)(O)OCC(N)C(=O)O)OC(=O)CCCCCCCCCCCCCCCCCC. The van der Waals surface area contributed by atoms with Crippen molar-refractivity contribution in [3.8, 4) is 0 Å². The average Bonchev–Trinajstić information content (AvgIpc) is 3.15. The van der Waals surface area contributed by atoms with E-state index in [1.807, 2.05) is 6.08 Å². The van der Waals surface area contributed by atoms with Crippen LogP contribution in [0.25, 0.3) is 0 Å². The number of unbranched alkanes of at least 4 members (excludes halogenated alkanes) is 15. The second-order valence-corrected chi connectivity index (χ2v) is 15.2. The molecule has 0 spiro atoms. The van der Waals surface area contributed by atoms with Gasteiger partial charge in [-0.1, -0.05) is 171 Å². The number of aliphatic carboxylic acids is 1. The summed E-state index contributed by atoms with van der Waals surface area (Å²) in [4.78, 5) is 33.5. The number of carbonyl (C=O) groups excluding carboxylic acids is 1. The van der Waals surface area contributed by atoms with E-state index >= 15 is 0 Å². The summed E-state index contributed by atoms with van der Waals surface area (Å²) in [6, 6.07) is -1.48. The molecular weight excluding hydrogens is 705 g/mol. The van der Waals surface area contributed by atoms with Gasteiger partial charge in [0.15, 0.2) is 0 Å². The first-order chi connectivity index (χ1) is 26.2. The number of phosphoric acid groups is 1. The molecule has 0 fully saturated rings. The smallest absolute Gasteiger partial charge is 0.472 e. The number of carboxylic acids is 1. The first-order valence-electron chi connectivity index (χ1n) is 20.8. The van der Waals surface area contributed by atoms with Gasteiger partial charge in [0.25, 0.3) is 0 Å². The van der Waals surface area contributed by atoms with Gasteiger partial charge in [-0.2, -0.15) is 0 Å². The minimum atomic E-state index is -4.63. The normalized spacial score (nSPS) is 14.6. The molecule has 3 atom stereocenters. The third kappa shape index (κ3) is 38.0. The number of nitrogens with two attached hydrogens (primary N) is 1.